The average Bonchev–Trinajstić information content (AvgIpc) is 2.76. The third kappa shape index (κ3) is 7.19. The number of amides is 1. The standard InChI is InChI=1S/C20H29F3N4O4P/c1-3-30-32(29,31-4-2)14-11-18(25-26-24)19(28)27-12-9-16(10-13-27)15-5-7-17(8-6-15)20(21,22)23/h5-8,16,18,25H,3-4,9-14H2,1-2H3/q+1/t18-/m0/s1. The fourth-order valence-electron chi connectivity index (χ4n) is 3.76. The molecule has 1 atom stereocenters. The summed E-state index contributed by atoms with van der Waals surface area (Å²) in [6, 6.07) is 4.21. The second-order valence-electron chi connectivity index (χ2n) is 7.46. The molecular weight excluding hydrogens is 448 g/mol. The highest BCUT2D eigenvalue weighted by Gasteiger charge is 2.35. The van der Waals surface area contributed by atoms with Crippen molar-refractivity contribution in [3.63, 3.8) is 0 Å². The van der Waals surface area contributed by atoms with Crippen molar-refractivity contribution in [1.29, 1.82) is 5.39 Å². The molecule has 0 aliphatic carbocycles. The summed E-state index contributed by atoms with van der Waals surface area (Å²) >= 11 is 0. The van der Waals surface area contributed by atoms with E-state index in [2.05, 4.69) is 10.5 Å². The Bertz CT molecular complexity index is 827. The number of rotatable bonds is 10. The maximum atomic E-state index is 12.9. The maximum absolute atomic E-state index is 12.9. The Labute approximate surface area is 185 Å². The first kappa shape index (κ1) is 26.1. The molecule has 1 aromatic rings. The van der Waals surface area contributed by atoms with Gasteiger partial charge >= 0.3 is 18.9 Å². The van der Waals surface area contributed by atoms with Gasteiger partial charge in [-0.15, -0.1) is 0 Å². The second-order valence-corrected chi connectivity index (χ2v) is 9.65. The number of halogens is 3. The molecule has 0 unspecified atom stereocenters. The Morgan fingerprint density at radius 2 is 1.78 bits per heavy atom. The first-order valence-electron chi connectivity index (χ1n) is 10.6. The Morgan fingerprint density at radius 1 is 1.22 bits per heavy atom. The van der Waals surface area contributed by atoms with Crippen molar-refractivity contribution in [2.24, 2.45) is 0 Å². The van der Waals surface area contributed by atoms with Crippen molar-refractivity contribution >= 4 is 13.5 Å². The van der Waals surface area contributed by atoms with Gasteiger partial charge in [-0.2, -0.15) is 13.2 Å². The number of nitrogens with one attached hydrogen (secondary N) is 1. The van der Waals surface area contributed by atoms with Crippen molar-refractivity contribution in [1.82, 2.24) is 10.3 Å². The third-order valence-corrected chi connectivity index (χ3v) is 7.48. The molecule has 0 spiro atoms. The number of likely N-dealkylation sites (tertiary alicyclic amines) is 1. The van der Waals surface area contributed by atoms with E-state index in [1.54, 1.807) is 18.7 Å². The number of alkyl halides is 3. The van der Waals surface area contributed by atoms with Gasteiger partial charge in [0.05, 0.1) is 24.9 Å². The van der Waals surface area contributed by atoms with Crippen molar-refractivity contribution in [2.75, 3.05) is 32.5 Å². The van der Waals surface area contributed by atoms with E-state index in [-0.39, 0.29) is 37.6 Å². The number of benzene rings is 1. The van der Waals surface area contributed by atoms with E-state index in [0.29, 0.717) is 25.9 Å². The van der Waals surface area contributed by atoms with Gasteiger partial charge in [-0.25, -0.2) is 0 Å². The zero-order chi connectivity index (χ0) is 23.8. The van der Waals surface area contributed by atoms with Gasteiger partial charge in [0, 0.05) is 13.1 Å². The first-order chi connectivity index (χ1) is 15.1. The normalized spacial score (nSPS) is 16.4. The summed E-state index contributed by atoms with van der Waals surface area (Å²) in [5.74, 6) is -0.264. The molecule has 0 aromatic heterocycles. The number of piperidine rings is 1. The Kier molecular flexibility index (Phi) is 9.49. The van der Waals surface area contributed by atoms with E-state index >= 15 is 0 Å². The van der Waals surface area contributed by atoms with Crippen molar-refractivity contribution in [3.05, 3.63) is 40.5 Å². The average molecular weight is 477 g/mol. The van der Waals surface area contributed by atoms with Gasteiger partial charge in [0.25, 0.3) is 11.3 Å². The van der Waals surface area contributed by atoms with Crippen molar-refractivity contribution in [2.45, 2.75) is 51.2 Å². The second kappa shape index (κ2) is 11.6. The van der Waals surface area contributed by atoms with E-state index in [9.17, 15) is 22.5 Å². The molecule has 1 aliphatic heterocycles. The molecule has 178 valence electrons. The Hall–Kier alpha value is -2.15. The van der Waals surface area contributed by atoms with Gasteiger partial charge < -0.3 is 13.9 Å². The molecule has 0 saturated carbocycles. The summed E-state index contributed by atoms with van der Waals surface area (Å²) < 4.78 is 61.4. The summed E-state index contributed by atoms with van der Waals surface area (Å²) in [5.41, 5.74) is 2.47. The third-order valence-electron chi connectivity index (χ3n) is 5.37. The van der Waals surface area contributed by atoms with Crippen LogP contribution in [0.25, 0.3) is 5.08 Å². The van der Waals surface area contributed by atoms with Gasteiger partial charge in [0.15, 0.2) is 6.04 Å². The molecule has 12 heteroatoms. The lowest BCUT2D eigenvalue weighted by atomic mass is 9.88. The van der Waals surface area contributed by atoms with Gasteiger partial charge in [0.1, 0.15) is 0 Å². The van der Waals surface area contributed by atoms with Gasteiger partial charge in [-0.05, 0) is 62.1 Å². The molecule has 2 rings (SSSR count). The summed E-state index contributed by atoms with van der Waals surface area (Å²) in [7, 11) is -3.36. The first-order valence-corrected chi connectivity index (χ1v) is 12.3. The topological polar surface area (TPSA) is 96.0 Å². The molecule has 1 aromatic carbocycles. The number of hydrogen-bond acceptors (Lipinski definition) is 6. The Balaban J connectivity index is 1.96. The lowest BCUT2D eigenvalue weighted by Crippen LogP contribution is -2.47. The molecule has 0 radical (unpaired) electrons. The van der Waals surface area contributed by atoms with Crippen LogP contribution in [-0.2, 0) is 24.6 Å². The SMILES string of the molecule is CCOP(=O)(CC[C@H](N[N+]#N)C(=O)N1CCC(c2ccc(C(F)(F)F)cc2)CC1)OCC. The van der Waals surface area contributed by atoms with Crippen LogP contribution in [0.2, 0.25) is 0 Å². The van der Waals surface area contributed by atoms with Crippen LogP contribution >= 0.6 is 7.60 Å². The van der Waals surface area contributed by atoms with Gasteiger partial charge in [-0.3, -0.25) is 9.36 Å². The quantitative estimate of drug-likeness (QED) is 0.296. The van der Waals surface area contributed by atoms with E-state index in [0.717, 1.165) is 17.7 Å². The van der Waals surface area contributed by atoms with Crippen molar-refractivity contribution < 1.29 is 31.6 Å². The summed E-state index contributed by atoms with van der Waals surface area (Å²) in [6.07, 6.45) is -3.12. The molecule has 8 nitrogen and oxygen atoms in total. The van der Waals surface area contributed by atoms with Crippen LogP contribution in [-0.4, -0.2) is 49.3 Å². The number of carbonyl (C=O) groups excluding carboxylic acids is 1. The monoisotopic (exact) mass is 477 g/mol. The predicted molar refractivity (Wildman–Crippen MR) is 112 cm³/mol. The van der Waals surface area contributed by atoms with Crippen LogP contribution in [0, 0.1) is 5.39 Å². The maximum Gasteiger partial charge on any atom is 0.416 e. The molecule has 1 heterocycles. The zero-order valence-corrected chi connectivity index (χ0v) is 19.1. The fourth-order valence-corrected chi connectivity index (χ4v) is 5.45. The van der Waals surface area contributed by atoms with Crippen LogP contribution in [0.3, 0.4) is 0 Å². The highest BCUT2D eigenvalue weighted by molar-refractivity contribution is 7.53. The van der Waals surface area contributed by atoms with Gasteiger partial charge in [-0.1, -0.05) is 12.1 Å². The number of nitrogens with zero attached hydrogens (tertiary/aromatic N) is 3. The zero-order valence-electron chi connectivity index (χ0n) is 18.2. The molecule has 32 heavy (non-hydrogen) atoms. The van der Waals surface area contributed by atoms with Crippen LogP contribution in [0.1, 0.15) is 50.2 Å². The highest BCUT2D eigenvalue weighted by atomic mass is 31.2. The van der Waals surface area contributed by atoms with E-state index in [1.165, 1.54) is 12.1 Å². The lowest BCUT2D eigenvalue weighted by molar-refractivity contribution is -0.137. The number of carbonyl (C=O) groups is 1. The van der Waals surface area contributed by atoms with E-state index in [1.807, 2.05) is 0 Å². The molecule has 1 amide bonds. The van der Waals surface area contributed by atoms with Crippen LogP contribution < -0.4 is 5.43 Å². The number of hydrogen-bond donors (Lipinski definition) is 1. The summed E-state index contributed by atoms with van der Waals surface area (Å²) in [4.78, 5) is 14.5. The molecule has 0 bridgehead atoms. The van der Waals surface area contributed by atoms with Crippen LogP contribution in [0.15, 0.2) is 24.3 Å². The molecule has 1 fully saturated rings. The molecule has 1 N–H and O–H groups in total. The minimum Gasteiger partial charge on any atom is -0.341 e. The number of diazo groups is 1. The van der Waals surface area contributed by atoms with Crippen molar-refractivity contribution in [3.8, 4) is 0 Å². The smallest absolute Gasteiger partial charge is 0.341 e. The summed E-state index contributed by atoms with van der Waals surface area (Å²) in [5, 5.41) is 11.8. The summed E-state index contributed by atoms with van der Waals surface area (Å²) in [6.45, 7) is 4.59. The predicted octanol–water partition coefficient (Wildman–Crippen LogP) is 4.79. The van der Waals surface area contributed by atoms with E-state index in [4.69, 9.17) is 14.4 Å². The molecular formula is C20H29F3N4O4P+. The largest absolute Gasteiger partial charge is 0.416 e. The van der Waals surface area contributed by atoms with Crippen LogP contribution in [0.5, 0.6) is 0 Å². The molecule has 1 aliphatic rings. The van der Waals surface area contributed by atoms with Gasteiger partial charge in [0.2, 0.25) is 0 Å². The van der Waals surface area contributed by atoms with Crippen LogP contribution in [0.4, 0.5) is 13.2 Å². The fraction of sp³-hybridized carbons (Fsp3) is 0.650. The minimum absolute atomic E-state index is 0.0182. The van der Waals surface area contributed by atoms with E-state index < -0.39 is 25.4 Å². The minimum atomic E-state index is -4.37. The Morgan fingerprint density at radius 3 is 2.25 bits per heavy atom. The lowest BCUT2D eigenvalue weighted by Gasteiger charge is -2.33. The molecule has 1 saturated heterocycles. The highest BCUT2D eigenvalue weighted by Crippen LogP contribution is 2.48.